The summed E-state index contributed by atoms with van der Waals surface area (Å²) < 4.78 is 61.0. The van der Waals surface area contributed by atoms with Crippen LogP contribution < -0.4 is 14.8 Å². The Morgan fingerprint density at radius 2 is 2.00 bits per heavy atom. The van der Waals surface area contributed by atoms with Crippen molar-refractivity contribution in [1.82, 2.24) is 19.9 Å². The van der Waals surface area contributed by atoms with Gasteiger partial charge in [0.2, 0.25) is 0 Å². The number of nitrogens with zero attached hydrogens (tertiary/aromatic N) is 3. The van der Waals surface area contributed by atoms with Crippen LogP contribution in [0.5, 0.6) is 11.5 Å². The van der Waals surface area contributed by atoms with Crippen LogP contribution in [0.25, 0.3) is 5.52 Å². The molecule has 0 atom stereocenters. The maximum Gasteiger partial charge on any atom is 0.573 e. The van der Waals surface area contributed by atoms with E-state index in [1.165, 1.54) is 0 Å². The lowest BCUT2D eigenvalue weighted by Gasteiger charge is -2.70. The van der Waals surface area contributed by atoms with Gasteiger partial charge in [-0.25, -0.2) is 8.91 Å². The molecule has 3 saturated carbocycles. The van der Waals surface area contributed by atoms with E-state index in [9.17, 15) is 22.4 Å². The highest BCUT2D eigenvalue weighted by Crippen LogP contribution is 2.68. The Bertz CT molecular complexity index is 1220. The summed E-state index contributed by atoms with van der Waals surface area (Å²) in [5.74, 6) is -2.63. The first-order valence-electron chi connectivity index (χ1n) is 10.3. The van der Waals surface area contributed by atoms with E-state index in [0.717, 1.165) is 60.8 Å². The number of rotatable bonds is 7. The number of nitrogens with one attached hydrogen (secondary N) is 1. The summed E-state index contributed by atoms with van der Waals surface area (Å²) in [4.78, 5) is 16.8. The number of carbonyl (C=O) groups is 1. The molecular weight excluding hydrogens is 444 g/mol. The Kier molecular flexibility index (Phi) is 4.77. The molecule has 3 aliphatic rings. The van der Waals surface area contributed by atoms with E-state index in [2.05, 4.69) is 20.1 Å². The predicted molar refractivity (Wildman–Crippen MR) is 107 cm³/mol. The standard InChI is InChI=1S/C22H20F4N4O3/c1-13-6-17-16(27-4-5-30(17)29-13)8-20-10-21(11-20,12-20)28-19(31)9-32-14-2-3-18(15(23)7-14)33-22(24,25)26/h2-7H,8-12H2,1H3,(H,28,31). The van der Waals surface area contributed by atoms with Crippen LogP contribution in [0.4, 0.5) is 17.6 Å². The lowest BCUT2D eigenvalue weighted by molar-refractivity contribution is -0.275. The van der Waals surface area contributed by atoms with Gasteiger partial charge in [0.1, 0.15) is 5.75 Å². The van der Waals surface area contributed by atoms with E-state index in [4.69, 9.17) is 4.74 Å². The molecule has 3 aliphatic carbocycles. The summed E-state index contributed by atoms with van der Waals surface area (Å²) in [6, 6.07) is 4.67. The molecule has 33 heavy (non-hydrogen) atoms. The summed E-state index contributed by atoms with van der Waals surface area (Å²) in [5, 5.41) is 7.38. The number of alkyl halides is 3. The SMILES string of the molecule is Cc1cc2c(CC34CC(NC(=O)COc5ccc(OC(F)(F)F)c(F)c5)(C3)C4)nccn2n1. The first-order chi connectivity index (χ1) is 15.5. The zero-order chi connectivity index (χ0) is 23.4. The van der Waals surface area contributed by atoms with Gasteiger partial charge in [0.05, 0.1) is 16.9 Å². The van der Waals surface area contributed by atoms with Crippen molar-refractivity contribution in [2.24, 2.45) is 5.41 Å². The van der Waals surface area contributed by atoms with Crippen LogP contribution in [0.3, 0.4) is 0 Å². The van der Waals surface area contributed by atoms with Gasteiger partial charge in [-0.2, -0.15) is 5.10 Å². The summed E-state index contributed by atoms with van der Waals surface area (Å²) in [6.07, 6.45) is 1.86. The minimum Gasteiger partial charge on any atom is -0.484 e. The number of hydrogen-bond acceptors (Lipinski definition) is 5. The van der Waals surface area contributed by atoms with Gasteiger partial charge in [0, 0.05) is 24.0 Å². The van der Waals surface area contributed by atoms with E-state index in [1.807, 2.05) is 23.7 Å². The van der Waals surface area contributed by atoms with Crippen LogP contribution in [0.2, 0.25) is 0 Å². The third-order valence-electron chi connectivity index (χ3n) is 6.18. The second kappa shape index (κ2) is 7.32. The second-order valence-electron chi connectivity index (χ2n) is 8.95. The molecule has 6 rings (SSSR count). The molecule has 11 heteroatoms. The maximum absolute atomic E-state index is 13.8. The fourth-order valence-electron chi connectivity index (χ4n) is 5.17. The van der Waals surface area contributed by atoms with Crippen LogP contribution >= 0.6 is 0 Å². The number of ether oxygens (including phenoxy) is 2. The number of benzene rings is 1. The molecule has 0 aliphatic heterocycles. The number of carbonyl (C=O) groups excluding carboxylic acids is 1. The Labute approximate surface area is 185 Å². The monoisotopic (exact) mass is 464 g/mol. The van der Waals surface area contributed by atoms with E-state index >= 15 is 0 Å². The van der Waals surface area contributed by atoms with E-state index in [-0.39, 0.29) is 29.2 Å². The van der Waals surface area contributed by atoms with Crippen molar-refractivity contribution in [2.75, 3.05) is 6.61 Å². The molecule has 3 aromatic rings. The van der Waals surface area contributed by atoms with E-state index in [0.29, 0.717) is 0 Å². The highest BCUT2D eigenvalue weighted by Gasteiger charge is 2.68. The molecule has 0 radical (unpaired) electrons. The van der Waals surface area contributed by atoms with Crippen LogP contribution in [-0.4, -0.2) is 39.0 Å². The number of halogens is 4. The van der Waals surface area contributed by atoms with Gasteiger partial charge in [0.25, 0.3) is 5.91 Å². The minimum atomic E-state index is -5.00. The molecule has 7 nitrogen and oxygen atoms in total. The molecule has 0 spiro atoms. The molecule has 2 aromatic heterocycles. The Morgan fingerprint density at radius 3 is 2.70 bits per heavy atom. The summed E-state index contributed by atoms with van der Waals surface area (Å²) in [6.45, 7) is 1.56. The summed E-state index contributed by atoms with van der Waals surface area (Å²) in [7, 11) is 0. The number of amides is 1. The van der Waals surface area contributed by atoms with Crippen molar-refractivity contribution in [3.05, 3.63) is 53.9 Å². The number of fused-ring (bicyclic) bond motifs is 1. The fourth-order valence-corrected chi connectivity index (χ4v) is 5.17. The van der Waals surface area contributed by atoms with Crippen molar-refractivity contribution in [1.29, 1.82) is 0 Å². The lowest BCUT2D eigenvalue weighted by atomic mass is 9.38. The van der Waals surface area contributed by atoms with Gasteiger partial charge in [-0.1, -0.05) is 0 Å². The molecule has 3 fully saturated rings. The summed E-state index contributed by atoms with van der Waals surface area (Å²) in [5.41, 5.74) is 2.75. The van der Waals surface area contributed by atoms with Crippen molar-refractivity contribution >= 4 is 11.4 Å². The smallest absolute Gasteiger partial charge is 0.484 e. The Balaban J connectivity index is 1.12. The predicted octanol–water partition coefficient (Wildman–Crippen LogP) is 3.74. The maximum atomic E-state index is 13.8. The molecular formula is C22H20F4N4O3. The molecule has 0 saturated heterocycles. The van der Waals surface area contributed by atoms with E-state index < -0.39 is 17.9 Å². The lowest BCUT2D eigenvalue weighted by Crippen LogP contribution is -2.75. The third-order valence-corrected chi connectivity index (χ3v) is 6.18. The van der Waals surface area contributed by atoms with Gasteiger partial charge < -0.3 is 14.8 Å². The molecule has 2 bridgehead atoms. The van der Waals surface area contributed by atoms with Gasteiger partial charge >= 0.3 is 6.36 Å². The van der Waals surface area contributed by atoms with Gasteiger partial charge in [0.15, 0.2) is 18.2 Å². The van der Waals surface area contributed by atoms with Crippen LogP contribution in [0.1, 0.15) is 30.7 Å². The van der Waals surface area contributed by atoms with Crippen molar-refractivity contribution in [2.45, 2.75) is 44.5 Å². The normalized spacial score (nSPS) is 23.5. The zero-order valence-electron chi connectivity index (χ0n) is 17.6. The minimum absolute atomic E-state index is 0.0680. The number of aromatic nitrogens is 3. The molecule has 1 aromatic carbocycles. The van der Waals surface area contributed by atoms with Crippen molar-refractivity contribution < 1.29 is 31.8 Å². The number of aryl methyl sites for hydroxylation is 1. The largest absolute Gasteiger partial charge is 0.573 e. The average molecular weight is 464 g/mol. The fraction of sp³-hybridized carbons (Fsp3) is 0.409. The summed E-state index contributed by atoms with van der Waals surface area (Å²) >= 11 is 0. The van der Waals surface area contributed by atoms with Crippen LogP contribution in [-0.2, 0) is 11.2 Å². The van der Waals surface area contributed by atoms with Crippen molar-refractivity contribution in [3.63, 3.8) is 0 Å². The second-order valence-corrected chi connectivity index (χ2v) is 8.95. The Hall–Kier alpha value is -3.37. The van der Waals surface area contributed by atoms with Crippen molar-refractivity contribution in [3.8, 4) is 11.5 Å². The molecule has 2 heterocycles. The highest BCUT2D eigenvalue weighted by atomic mass is 19.4. The van der Waals surface area contributed by atoms with Crippen LogP contribution in [0.15, 0.2) is 36.7 Å². The highest BCUT2D eigenvalue weighted by molar-refractivity contribution is 5.79. The first kappa shape index (κ1) is 21.5. The van der Waals surface area contributed by atoms with Gasteiger partial charge in [-0.05, 0) is 56.2 Å². The average Bonchev–Trinajstić information content (AvgIpc) is 3.06. The quantitative estimate of drug-likeness (QED) is 0.539. The molecule has 1 amide bonds. The first-order valence-corrected chi connectivity index (χ1v) is 10.3. The molecule has 1 N–H and O–H groups in total. The Morgan fingerprint density at radius 1 is 1.24 bits per heavy atom. The zero-order valence-corrected chi connectivity index (χ0v) is 17.6. The molecule has 0 unspecified atom stereocenters. The van der Waals surface area contributed by atoms with Gasteiger partial charge in [-0.15, -0.1) is 13.2 Å². The third kappa shape index (κ3) is 4.19. The topological polar surface area (TPSA) is 77.8 Å². The van der Waals surface area contributed by atoms with E-state index in [1.54, 1.807) is 6.20 Å². The van der Waals surface area contributed by atoms with Crippen LogP contribution in [0, 0.1) is 18.2 Å². The van der Waals surface area contributed by atoms with Gasteiger partial charge in [-0.3, -0.25) is 9.78 Å². The molecule has 174 valence electrons. The number of hydrogen-bond donors (Lipinski definition) is 1.